The zero-order valence-corrected chi connectivity index (χ0v) is 9.33. The van der Waals surface area contributed by atoms with Gasteiger partial charge in [-0.25, -0.2) is 0 Å². The molecular weight excluding hydrogens is 166 g/mol. The SMILES string of the molecule is CCC(CC(C)N=O)C(C)(C)OC. The van der Waals surface area contributed by atoms with Crippen molar-refractivity contribution in [3.05, 3.63) is 4.91 Å². The predicted octanol–water partition coefficient (Wildman–Crippen LogP) is 2.98. The minimum absolute atomic E-state index is 0.112. The molecule has 0 aromatic rings. The Labute approximate surface area is 80.8 Å². The van der Waals surface area contributed by atoms with E-state index < -0.39 is 0 Å². The Balaban J connectivity index is 4.24. The van der Waals surface area contributed by atoms with Gasteiger partial charge in [0.1, 0.15) is 0 Å². The lowest BCUT2D eigenvalue weighted by Gasteiger charge is -2.33. The van der Waals surface area contributed by atoms with Crippen molar-refractivity contribution in [3.8, 4) is 0 Å². The summed E-state index contributed by atoms with van der Waals surface area (Å²) in [6.07, 6.45) is 1.82. The molecule has 0 aliphatic carbocycles. The van der Waals surface area contributed by atoms with Crippen molar-refractivity contribution in [2.45, 2.75) is 52.2 Å². The summed E-state index contributed by atoms with van der Waals surface area (Å²) >= 11 is 0. The maximum absolute atomic E-state index is 10.3. The number of nitroso groups, excluding NO2 is 1. The average Bonchev–Trinajstić information content (AvgIpc) is 2.13. The molecule has 0 radical (unpaired) electrons. The Kier molecular flexibility index (Phi) is 5.14. The highest BCUT2D eigenvalue weighted by molar-refractivity contribution is 4.81. The molecule has 78 valence electrons. The molecule has 0 aromatic carbocycles. The number of nitrogens with zero attached hydrogens (tertiary/aromatic N) is 1. The predicted molar refractivity (Wildman–Crippen MR) is 54.7 cm³/mol. The molecule has 0 heterocycles. The van der Waals surface area contributed by atoms with Gasteiger partial charge in [0.05, 0.1) is 11.6 Å². The molecule has 0 spiro atoms. The zero-order valence-electron chi connectivity index (χ0n) is 9.33. The quantitative estimate of drug-likeness (QED) is 0.599. The van der Waals surface area contributed by atoms with Crippen LogP contribution in [0.15, 0.2) is 5.18 Å². The Bertz CT molecular complexity index is 157. The Morgan fingerprint density at radius 3 is 2.31 bits per heavy atom. The van der Waals surface area contributed by atoms with E-state index in [9.17, 15) is 4.91 Å². The van der Waals surface area contributed by atoms with E-state index in [0.29, 0.717) is 5.92 Å². The smallest absolute Gasteiger partial charge is 0.0895 e. The van der Waals surface area contributed by atoms with Gasteiger partial charge in [-0.2, -0.15) is 4.91 Å². The van der Waals surface area contributed by atoms with Crippen LogP contribution in [0.1, 0.15) is 40.5 Å². The fourth-order valence-electron chi connectivity index (χ4n) is 1.56. The summed E-state index contributed by atoms with van der Waals surface area (Å²) in [7, 11) is 1.71. The molecule has 0 rings (SSSR count). The van der Waals surface area contributed by atoms with Crippen LogP contribution in [0.3, 0.4) is 0 Å². The maximum Gasteiger partial charge on any atom is 0.0895 e. The molecule has 0 amide bonds. The van der Waals surface area contributed by atoms with E-state index in [1.165, 1.54) is 0 Å². The van der Waals surface area contributed by atoms with Crippen molar-refractivity contribution in [2.24, 2.45) is 11.1 Å². The molecule has 2 unspecified atom stereocenters. The van der Waals surface area contributed by atoms with E-state index in [2.05, 4.69) is 25.9 Å². The first-order chi connectivity index (χ1) is 5.97. The van der Waals surface area contributed by atoms with Crippen molar-refractivity contribution >= 4 is 0 Å². The van der Waals surface area contributed by atoms with Gasteiger partial charge in [-0.15, -0.1) is 0 Å². The molecule has 0 aliphatic heterocycles. The van der Waals surface area contributed by atoms with Gasteiger partial charge >= 0.3 is 0 Å². The van der Waals surface area contributed by atoms with E-state index in [-0.39, 0.29) is 11.6 Å². The lowest BCUT2D eigenvalue weighted by atomic mass is 9.84. The van der Waals surface area contributed by atoms with E-state index in [4.69, 9.17) is 4.74 Å². The number of hydrogen-bond acceptors (Lipinski definition) is 3. The van der Waals surface area contributed by atoms with Crippen LogP contribution in [0.4, 0.5) is 0 Å². The van der Waals surface area contributed by atoms with E-state index in [0.717, 1.165) is 12.8 Å². The van der Waals surface area contributed by atoms with Crippen molar-refractivity contribution in [1.82, 2.24) is 0 Å². The van der Waals surface area contributed by atoms with Crippen LogP contribution in [-0.2, 0) is 4.74 Å². The standard InChI is InChI=1S/C10H21NO2/c1-6-9(7-8(2)11-12)10(3,4)13-5/h8-9H,6-7H2,1-5H3. The fourth-order valence-corrected chi connectivity index (χ4v) is 1.56. The Hall–Kier alpha value is -0.440. The molecular formula is C10H21NO2. The number of methoxy groups -OCH3 is 1. The second-order valence-electron chi connectivity index (χ2n) is 4.10. The number of ether oxygens (including phenoxy) is 1. The van der Waals surface area contributed by atoms with Crippen LogP contribution in [-0.4, -0.2) is 18.8 Å². The van der Waals surface area contributed by atoms with Crippen LogP contribution < -0.4 is 0 Å². The van der Waals surface area contributed by atoms with Gasteiger partial charge in [0.15, 0.2) is 0 Å². The lowest BCUT2D eigenvalue weighted by Crippen LogP contribution is -2.34. The third-order valence-corrected chi connectivity index (χ3v) is 2.81. The normalized spacial score (nSPS) is 16.7. The zero-order chi connectivity index (χ0) is 10.5. The summed E-state index contributed by atoms with van der Waals surface area (Å²) in [5, 5.41) is 3.02. The molecule has 3 nitrogen and oxygen atoms in total. The highest BCUT2D eigenvalue weighted by Gasteiger charge is 2.29. The van der Waals surface area contributed by atoms with E-state index in [1.54, 1.807) is 7.11 Å². The fraction of sp³-hybridized carbons (Fsp3) is 1.00. The molecule has 0 bridgehead atoms. The Morgan fingerprint density at radius 2 is 2.00 bits per heavy atom. The van der Waals surface area contributed by atoms with Crippen LogP contribution in [0.5, 0.6) is 0 Å². The topological polar surface area (TPSA) is 38.7 Å². The van der Waals surface area contributed by atoms with Crippen molar-refractivity contribution < 1.29 is 4.74 Å². The van der Waals surface area contributed by atoms with Gasteiger partial charge in [-0.3, -0.25) is 0 Å². The Morgan fingerprint density at radius 1 is 1.46 bits per heavy atom. The second-order valence-corrected chi connectivity index (χ2v) is 4.10. The molecule has 2 atom stereocenters. The third kappa shape index (κ3) is 3.85. The molecule has 0 fully saturated rings. The third-order valence-electron chi connectivity index (χ3n) is 2.81. The largest absolute Gasteiger partial charge is 0.379 e. The summed E-state index contributed by atoms with van der Waals surface area (Å²) < 4.78 is 5.39. The van der Waals surface area contributed by atoms with Gasteiger partial charge in [0.2, 0.25) is 0 Å². The minimum Gasteiger partial charge on any atom is -0.379 e. The number of rotatable bonds is 6. The summed E-state index contributed by atoms with van der Waals surface area (Å²) in [6, 6.07) is -0.112. The van der Waals surface area contributed by atoms with E-state index >= 15 is 0 Å². The molecule has 0 saturated carbocycles. The molecule has 0 aliphatic rings. The second kappa shape index (κ2) is 5.32. The summed E-state index contributed by atoms with van der Waals surface area (Å²) in [4.78, 5) is 10.3. The van der Waals surface area contributed by atoms with Crippen molar-refractivity contribution in [3.63, 3.8) is 0 Å². The van der Waals surface area contributed by atoms with Gasteiger partial charge in [0.25, 0.3) is 0 Å². The highest BCUT2D eigenvalue weighted by atomic mass is 16.5. The van der Waals surface area contributed by atoms with Gasteiger partial charge in [0, 0.05) is 7.11 Å². The maximum atomic E-state index is 10.3. The van der Waals surface area contributed by atoms with Crippen LogP contribution >= 0.6 is 0 Å². The lowest BCUT2D eigenvalue weighted by molar-refractivity contribution is -0.0336. The average molecular weight is 187 g/mol. The highest BCUT2D eigenvalue weighted by Crippen LogP contribution is 2.28. The molecule has 13 heavy (non-hydrogen) atoms. The van der Waals surface area contributed by atoms with Gasteiger partial charge in [-0.05, 0) is 33.1 Å². The van der Waals surface area contributed by atoms with Crippen molar-refractivity contribution in [2.75, 3.05) is 7.11 Å². The molecule has 0 aromatic heterocycles. The minimum atomic E-state index is -0.159. The van der Waals surface area contributed by atoms with Crippen LogP contribution in [0, 0.1) is 10.8 Å². The van der Waals surface area contributed by atoms with Gasteiger partial charge < -0.3 is 4.74 Å². The van der Waals surface area contributed by atoms with Crippen LogP contribution in [0.2, 0.25) is 0 Å². The number of hydrogen-bond donors (Lipinski definition) is 0. The first-order valence-corrected chi connectivity index (χ1v) is 4.85. The van der Waals surface area contributed by atoms with Crippen LogP contribution in [0.25, 0.3) is 0 Å². The summed E-state index contributed by atoms with van der Waals surface area (Å²) in [5.74, 6) is 0.394. The van der Waals surface area contributed by atoms with Gasteiger partial charge in [-0.1, -0.05) is 18.5 Å². The molecule has 0 saturated heterocycles. The first-order valence-electron chi connectivity index (χ1n) is 4.85. The van der Waals surface area contributed by atoms with Crippen molar-refractivity contribution in [1.29, 1.82) is 0 Å². The summed E-state index contributed by atoms with van der Waals surface area (Å²) in [5.41, 5.74) is -0.159. The van der Waals surface area contributed by atoms with E-state index in [1.807, 2.05) is 6.92 Å². The molecule has 0 N–H and O–H groups in total. The summed E-state index contributed by atoms with van der Waals surface area (Å²) in [6.45, 7) is 8.07. The monoisotopic (exact) mass is 187 g/mol. The molecule has 3 heteroatoms. The first kappa shape index (κ1) is 12.6.